The zero-order valence-corrected chi connectivity index (χ0v) is 14.5. The van der Waals surface area contributed by atoms with Crippen LogP contribution in [0.25, 0.3) is 11.1 Å². The van der Waals surface area contributed by atoms with Gasteiger partial charge < -0.3 is 10.0 Å². The third kappa shape index (κ3) is 3.62. The third-order valence-electron chi connectivity index (χ3n) is 5.71. The van der Waals surface area contributed by atoms with E-state index in [1.807, 2.05) is 23.1 Å². The van der Waals surface area contributed by atoms with Crippen LogP contribution >= 0.6 is 0 Å². The number of rotatable bonds is 4. The first-order valence-corrected chi connectivity index (χ1v) is 9.29. The molecule has 1 atom stereocenters. The largest absolute Gasteiger partial charge is 0.390 e. The molecule has 0 bridgehead atoms. The van der Waals surface area contributed by atoms with Crippen molar-refractivity contribution in [3.8, 4) is 11.1 Å². The summed E-state index contributed by atoms with van der Waals surface area (Å²) in [5.41, 5.74) is 2.94. The molecule has 1 saturated carbocycles. The number of nitrogens with zero attached hydrogens (tertiary/aromatic N) is 1. The molecule has 1 heterocycles. The Morgan fingerprint density at radius 3 is 2.40 bits per heavy atom. The molecule has 2 aromatic rings. The highest BCUT2D eigenvalue weighted by molar-refractivity contribution is 5.79. The molecule has 1 aliphatic heterocycles. The van der Waals surface area contributed by atoms with Crippen LogP contribution in [0.15, 0.2) is 54.6 Å². The van der Waals surface area contributed by atoms with E-state index in [2.05, 4.69) is 36.4 Å². The van der Waals surface area contributed by atoms with Crippen LogP contribution < -0.4 is 0 Å². The zero-order chi connectivity index (χ0) is 17.3. The maximum atomic E-state index is 12.7. The first-order valence-electron chi connectivity index (χ1n) is 9.29. The van der Waals surface area contributed by atoms with Crippen LogP contribution in [0.4, 0.5) is 0 Å². The fourth-order valence-corrected chi connectivity index (χ4v) is 3.91. The van der Waals surface area contributed by atoms with Gasteiger partial charge in [0.25, 0.3) is 0 Å². The Labute approximate surface area is 149 Å². The maximum Gasteiger partial charge on any atom is 0.227 e. The van der Waals surface area contributed by atoms with Crippen LogP contribution in [0.5, 0.6) is 0 Å². The lowest BCUT2D eigenvalue weighted by Gasteiger charge is -2.35. The predicted molar refractivity (Wildman–Crippen MR) is 99.1 cm³/mol. The summed E-state index contributed by atoms with van der Waals surface area (Å²) in [5, 5.41) is 10.3. The molecule has 4 rings (SSSR count). The minimum absolute atomic E-state index is 0.182. The van der Waals surface area contributed by atoms with Gasteiger partial charge in [-0.15, -0.1) is 0 Å². The maximum absolute atomic E-state index is 12.7. The molecule has 0 spiro atoms. The molecule has 130 valence electrons. The Hall–Kier alpha value is -2.13. The van der Waals surface area contributed by atoms with Crippen molar-refractivity contribution in [2.45, 2.75) is 37.7 Å². The number of likely N-dealkylation sites (tertiary alicyclic amines) is 1. The van der Waals surface area contributed by atoms with Gasteiger partial charge in [0.1, 0.15) is 0 Å². The second kappa shape index (κ2) is 6.64. The van der Waals surface area contributed by atoms with Crippen LogP contribution in [0.1, 0.15) is 31.2 Å². The second-order valence-electron chi connectivity index (χ2n) is 7.52. The Morgan fingerprint density at radius 1 is 1.04 bits per heavy atom. The molecule has 1 aliphatic carbocycles. The Kier molecular flexibility index (Phi) is 4.34. The fraction of sp³-hybridized carbons (Fsp3) is 0.409. The zero-order valence-electron chi connectivity index (χ0n) is 14.5. The number of carbonyl (C=O) groups is 1. The van der Waals surface area contributed by atoms with Crippen molar-refractivity contribution in [1.82, 2.24) is 4.90 Å². The van der Waals surface area contributed by atoms with Crippen molar-refractivity contribution >= 4 is 5.91 Å². The lowest BCUT2D eigenvalue weighted by Crippen LogP contribution is -2.44. The average Bonchev–Trinajstić information content (AvgIpc) is 3.42. The molecule has 3 heteroatoms. The van der Waals surface area contributed by atoms with Gasteiger partial charge in [-0.05, 0) is 42.4 Å². The molecule has 2 aromatic carbocycles. The summed E-state index contributed by atoms with van der Waals surface area (Å²) in [4.78, 5) is 14.6. The van der Waals surface area contributed by atoms with Crippen molar-refractivity contribution in [2.24, 2.45) is 5.92 Å². The van der Waals surface area contributed by atoms with Gasteiger partial charge in [-0.3, -0.25) is 4.79 Å². The minimum atomic E-state index is -0.476. The van der Waals surface area contributed by atoms with E-state index >= 15 is 0 Å². The Balaban J connectivity index is 1.39. The van der Waals surface area contributed by atoms with Gasteiger partial charge in [-0.2, -0.15) is 0 Å². The molecule has 0 aromatic heterocycles. The third-order valence-corrected chi connectivity index (χ3v) is 5.71. The molecule has 0 radical (unpaired) electrons. The summed E-state index contributed by atoms with van der Waals surface area (Å²) in [6, 6.07) is 18.6. The van der Waals surface area contributed by atoms with Gasteiger partial charge in [-0.25, -0.2) is 0 Å². The van der Waals surface area contributed by atoms with E-state index in [1.165, 1.54) is 11.1 Å². The number of carbonyl (C=O) groups excluding carboxylic acids is 1. The van der Waals surface area contributed by atoms with Gasteiger partial charge in [0.15, 0.2) is 0 Å². The number of aliphatic hydroxyl groups is 1. The lowest BCUT2D eigenvalue weighted by atomic mass is 9.90. The summed E-state index contributed by atoms with van der Waals surface area (Å²) >= 11 is 0. The van der Waals surface area contributed by atoms with Gasteiger partial charge in [0.2, 0.25) is 5.91 Å². The molecule has 1 amide bonds. The molecule has 1 N–H and O–H groups in total. The highest BCUT2D eigenvalue weighted by Crippen LogP contribution is 2.45. The number of amides is 1. The monoisotopic (exact) mass is 335 g/mol. The summed E-state index contributed by atoms with van der Waals surface area (Å²) in [5.74, 6) is 0.451. The smallest absolute Gasteiger partial charge is 0.227 e. The van der Waals surface area contributed by atoms with Crippen LogP contribution in [0.3, 0.4) is 0 Å². The topological polar surface area (TPSA) is 40.5 Å². The minimum Gasteiger partial charge on any atom is -0.390 e. The van der Waals surface area contributed by atoms with E-state index in [1.54, 1.807) is 0 Å². The quantitative estimate of drug-likeness (QED) is 0.926. The van der Waals surface area contributed by atoms with E-state index in [0.29, 0.717) is 6.42 Å². The van der Waals surface area contributed by atoms with Crippen LogP contribution in [-0.4, -0.2) is 34.6 Å². The summed E-state index contributed by atoms with van der Waals surface area (Å²) in [6.07, 6.45) is 4.30. The van der Waals surface area contributed by atoms with Crippen LogP contribution in [-0.2, 0) is 11.2 Å². The molecule has 2 aliphatic rings. The predicted octanol–water partition coefficient (Wildman–Crippen LogP) is 3.66. The van der Waals surface area contributed by atoms with E-state index in [-0.39, 0.29) is 11.8 Å². The fourth-order valence-electron chi connectivity index (χ4n) is 3.91. The molecule has 3 nitrogen and oxygen atoms in total. The van der Waals surface area contributed by atoms with Gasteiger partial charge in [0, 0.05) is 19.0 Å². The van der Waals surface area contributed by atoms with Crippen molar-refractivity contribution in [2.75, 3.05) is 13.1 Å². The standard InChI is InChI=1S/C22H25NO2/c24-21(23-14-4-7-20(16-23)22(25)12-13-22)15-17-8-10-19(11-9-17)18-5-2-1-3-6-18/h1-3,5-6,8-11,20,25H,4,7,12-16H2. The average molecular weight is 335 g/mol. The van der Waals surface area contributed by atoms with Crippen molar-refractivity contribution in [1.29, 1.82) is 0 Å². The number of hydrogen-bond donors (Lipinski definition) is 1. The van der Waals surface area contributed by atoms with Gasteiger partial charge in [0.05, 0.1) is 12.0 Å². The highest BCUT2D eigenvalue weighted by atomic mass is 16.3. The normalized spacial score (nSPS) is 21.8. The van der Waals surface area contributed by atoms with Crippen LogP contribution in [0.2, 0.25) is 0 Å². The summed E-state index contributed by atoms with van der Waals surface area (Å²) in [7, 11) is 0. The van der Waals surface area contributed by atoms with Crippen molar-refractivity contribution < 1.29 is 9.90 Å². The highest BCUT2D eigenvalue weighted by Gasteiger charge is 2.48. The van der Waals surface area contributed by atoms with Gasteiger partial charge >= 0.3 is 0 Å². The first-order chi connectivity index (χ1) is 12.1. The summed E-state index contributed by atoms with van der Waals surface area (Å²) in [6.45, 7) is 1.55. The van der Waals surface area contributed by atoms with Gasteiger partial charge in [-0.1, -0.05) is 54.6 Å². The number of piperidine rings is 1. The molecule has 1 saturated heterocycles. The lowest BCUT2D eigenvalue weighted by molar-refractivity contribution is -0.133. The van der Waals surface area contributed by atoms with Crippen molar-refractivity contribution in [3.63, 3.8) is 0 Å². The summed E-state index contributed by atoms with van der Waals surface area (Å²) < 4.78 is 0. The number of hydrogen-bond acceptors (Lipinski definition) is 2. The van der Waals surface area contributed by atoms with E-state index < -0.39 is 5.60 Å². The SMILES string of the molecule is O=C(Cc1ccc(-c2ccccc2)cc1)N1CCCC(C2(O)CC2)C1. The van der Waals surface area contributed by atoms with Crippen molar-refractivity contribution in [3.05, 3.63) is 60.2 Å². The van der Waals surface area contributed by atoms with E-state index in [4.69, 9.17) is 0 Å². The molecular weight excluding hydrogens is 310 g/mol. The van der Waals surface area contributed by atoms with E-state index in [9.17, 15) is 9.90 Å². The Morgan fingerprint density at radius 2 is 1.72 bits per heavy atom. The van der Waals surface area contributed by atoms with E-state index in [0.717, 1.165) is 44.3 Å². The molecular formula is C22H25NO2. The van der Waals surface area contributed by atoms with Crippen LogP contribution in [0, 0.1) is 5.92 Å². The molecule has 25 heavy (non-hydrogen) atoms. The first kappa shape index (κ1) is 16.3. The second-order valence-corrected chi connectivity index (χ2v) is 7.52. The molecule has 1 unspecified atom stereocenters. The number of benzene rings is 2. The molecule has 2 fully saturated rings. The Bertz CT molecular complexity index is 734.